The summed E-state index contributed by atoms with van der Waals surface area (Å²) in [7, 11) is 1.63. The fraction of sp³-hybridized carbons (Fsp3) is 0.889. The molecule has 4 nitrogen and oxygen atoms in total. The number of carbonyl (C=O) groups excluding carboxylic acids is 1. The molecule has 1 rings (SSSR count). The van der Waals surface area contributed by atoms with Crippen LogP contribution in [0.15, 0.2) is 0 Å². The van der Waals surface area contributed by atoms with Crippen molar-refractivity contribution in [2.45, 2.75) is 31.7 Å². The molecule has 1 aliphatic heterocycles. The highest BCUT2D eigenvalue weighted by Crippen LogP contribution is 2.16. The number of aliphatic hydroxyl groups is 1. The first-order chi connectivity index (χ1) is 6.29. The fourth-order valence-electron chi connectivity index (χ4n) is 1.78. The van der Waals surface area contributed by atoms with Crippen molar-refractivity contribution in [3.63, 3.8) is 0 Å². The number of aliphatic hydroxyl groups excluding tert-OH is 1. The van der Waals surface area contributed by atoms with Crippen molar-refractivity contribution < 1.29 is 9.90 Å². The van der Waals surface area contributed by atoms with Crippen molar-refractivity contribution in [3.8, 4) is 0 Å². The lowest BCUT2D eigenvalue weighted by atomic mass is 10.1. The zero-order valence-corrected chi connectivity index (χ0v) is 8.12. The predicted octanol–water partition coefficient (Wildman–Crippen LogP) is 0.563. The van der Waals surface area contributed by atoms with Gasteiger partial charge >= 0.3 is 6.03 Å². The van der Waals surface area contributed by atoms with Gasteiger partial charge in [-0.05, 0) is 12.8 Å². The van der Waals surface area contributed by atoms with Gasteiger partial charge in [-0.1, -0.05) is 12.8 Å². The summed E-state index contributed by atoms with van der Waals surface area (Å²) in [5.74, 6) is 0. The summed E-state index contributed by atoms with van der Waals surface area (Å²) in [5.41, 5.74) is 0. The van der Waals surface area contributed by atoms with Crippen molar-refractivity contribution in [2.75, 3.05) is 20.2 Å². The summed E-state index contributed by atoms with van der Waals surface area (Å²) in [6, 6.07) is -0.0524. The highest BCUT2D eigenvalue weighted by molar-refractivity contribution is 5.74. The Hall–Kier alpha value is -0.770. The zero-order valence-electron chi connectivity index (χ0n) is 8.12. The van der Waals surface area contributed by atoms with E-state index in [9.17, 15) is 4.79 Å². The van der Waals surface area contributed by atoms with E-state index in [1.54, 1.807) is 11.9 Å². The molecule has 0 aromatic rings. The first kappa shape index (κ1) is 10.3. The standard InChI is InChI=1S/C9H18N2O2/c1-10-9(13)11-6-4-2-3-5-8(11)7-12/h8,12H,2-7H2,1H3,(H,10,13). The Morgan fingerprint density at radius 2 is 2.31 bits per heavy atom. The highest BCUT2D eigenvalue weighted by Gasteiger charge is 2.23. The second-order valence-electron chi connectivity index (χ2n) is 3.43. The molecule has 4 heteroatoms. The van der Waals surface area contributed by atoms with Gasteiger partial charge < -0.3 is 15.3 Å². The molecule has 0 radical (unpaired) electrons. The van der Waals surface area contributed by atoms with E-state index in [-0.39, 0.29) is 18.7 Å². The van der Waals surface area contributed by atoms with Crippen LogP contribution in [-0.4, -0.2) is 42.3 Å². The third-order valence-electron chi connectivity index (χ3n) is 2.56. The summed E-state index contributed by atoms with van der Waals surface area (Å²) in [6.45, 7) is 0.846. The van der Waals surface area contributed by atoms with Crippen LogP contribution in [0.1, 0.15) is 25.7 Å². The van der Waals surface area contributed by atoms with Crippen molar-refractivity contribution in [2.24, 2.45) is 0 Å². The van der Waals surface area contributed by atoms with Gasteiger partial charge in [0, 0.05) is 13.6 Å². The summed E-state index contributed by atoms with van der Waals surface area (Å²) in [5, 5.41) is 11.7. The zero-order chi connectivity index (χ0) is 9.68. The average molecular weight is 186 g/mol. The number of carbonyl (C=O) groups is 1. The smallest absolute Gasteiger partial charge is 0.317 e. The molecule has 13 heavy (non-hydrogen) atoms. The number of hydrogen-bond acceptors (Lipinski definition) is 2. The molecule has 1 aliphatic rings. The largest absolute Gasteiger partial charge is 0.394 e. The molecule has 0 aromatic heterocycles. The van der Waals surface area contributed by atoms with Crippen molar-refractivity contribution in [3.05, 3.63) is 0 Å². The van der Waals surface area contributed by atoms with E-state index in [0.29, 0.717) is 0 Å². The summed E-state index contributed by atoms with van der Waals surface area (Å²) < 4.78 is 0. The second kappa shape index (κ2) is 5.07. The number of amides is 2. The fourth-order valence-corrected chi connectivity index (χ4v) is 1.78. The predicted molar refractivity (Wildman–Crippen MR) is 50.5 cm³/mol. The lowest BCUT2D eigenvalue weighted by Crippen LogP contribution is -2.46. The van der Waals surface area contributed by atoms with E-state index in [1.165, 1.54) is 0 Å². The van der Waals surface area contributed by atoms with Gasteiger partial charge in [0.25, 0.3) is 0 Å². The summed E-state index contributed by atoms with van der Waals surface area (Å²) in [4.78, 5) is 13.1. The molecule has 1 atom stereocenters. The minimum atomic E-state index is -0.0686. The third-order valence-corrected chi connectivity index (χ3v) is 2.56. The van der Waals surface area contributed by atoms with Crippen LogP contribution in [0, 0.1) is 0 Å². The number of hydrogen-bond donors (Lipinski definition) is 2. The molecule has 76 valence electrons. The first-order valence-electron chi connectivity index (χ1n) is 4.88. The van der Waals surface area contributed by atoms with Crippen LogP contribution in [0.3, 0.4) is 0 Å². The summed E-state index contributed by atoms with van der Waals surface area (Å²) >= 11 is 0. The minimum absolute atomic E-state index is 0.0162. The van der Waals surface area contributed by atoms with Crippen molar-refractivity contribution >= 4 is 6.03 Å². The maximum atomic E-state index is 11.4. The lowest BCUT2D eigenvalue weighted by Gasteiger charge is -2.27. The van der Waals surface area contributed by atoms with Gasteiger partial charge in [0.05, 0.1) is 12.6 Å². The molecule has 1 unspecified atom stereocenters. The SMILES string of the molecule is CNC(=O)N1CCCCCC1CO. The number of nitrogens with zero attached hydrogens (tertiary/aromatic N) is 1. The van der Waals surface area contributed by atoms with E-state index in [4.69, 9.17) is 5.11 Å². The maximum Gasteiger partial charge on any atom is 0.317 e. The maximum absolute atomic E-state index is 11.4. The van der Waals surface area contributed by atoms with E-state index in [1.807, 2.05) is 0 Å². The van der Waals surface area contributed by atoms with Gasteiger partial charge in [-0.3, -0.25) is 0 Å². The van der Waals surface area contributed by atoms with Crippen LogP contribution in [0.2, 0.25) is 0 Å². The minimum Gasteiger partial charge on any atom is -0.394 e. The Labute approximate surface area is 78.9 Å². The van der Waals surface area contributed by atoms with Crippen LogP contribution in [0.4, 0.5) is 4.79 Å². The lowest BCUT2D eigenvalue weighted by molar-refractivity contribution is 0.135. The van der Waals surface area contributed by atoms with Gasteiger partial charge in [-0.25, -0.2) is 4.79 Å². The van der Waals surface area contributed by atoms with Crippen molar-refractivity contribution in [1.82, 2.24) is 10.2 Å². The number of rotatable bonds is 1. The molecular weight excluding hydrogens is 168 g/mol. The average Bonchev–Trinajstić information content (AvgIpc) is 2.41. The Kier molecular flexibility index (Phi) is 4.02. The summed E-state index contributed by atoms with van der Waals surface area (Å²) in [6.07, 6.45) is 4.23. The van der Waals surface area contributed by atoms with Crippen LogP contribution >= 0.6 is 0 Å². The number of nitrogens with one attached hydrogen (secondary N) is 1. The molecule has 1 heterocycles. The topological polar surface area (TPSA) is 52.6 Å². The number of urea groups is 1. The van der Waals surface area contributed by atoms with Gasteiger partial charge in [0.15, 0.2) is 0 Å². The van der Waals surface area contributed by atoms with E-state index in [2.05, 4.69) is 5.32 Å². The molecule has 0 aromatic carbocycles. The molecule has 1 fully saturated rings. The Balaban J connectivity index is 2.58. The van der Waals surface area contributed by atoms with Crippen LogP contribution in [-0.2, 0) is 0 Å². The van der Waals surface area contributed by atoms with Crippen LogP contribution in [0.25, 0.3) is 0 Å². The van der Waals surface area contributed by atoms with Gasteiger partial charge in [0.1, 0.15) is 0 Å². The third kappa shape index (κ3) is 2.59. The molecule has 2 amide bonds. The normalized spacial score (nSPS) is 23.8. The Morgan fingerprint density at radius 3 is 2.92 bits per heavy atom. The van der Waals surface area contributed by atoms with E-state index < -0.39 is 0 Å². The van der Waals surface area contributed by atoms with Gasteiger partial charge in [-0.15, -0.1) is 0 Å². The monoisotopic (exact) mass is 186 g/mol. The quantitative estimate of drug-likeness (QED) is 0.628. The first-order valence-corrected chi connectivity index (χ1v) is 4.88. The molecule has 0 saturated carbocycles. The van der Waals surface area contributed by atoms with Crippen molar-refractivity contribution in [1.29, 1.82) is 0 Å². The van der Waals surface area contributed by atoms with Gasteiger partial charge in [0.2, 0.25) is 0 Å². The molecule has 1 saturated heterocycles. The molecule has 0 spiro atoms. The van der Waals surface area contributed by atoms with Crippen LogP contribution < -0.4 is 5.32 Å². The molecule has 2 N–H and O–H groups in total. The number of likely N-dealkylation sites (tertiary alicyclic amines) is 1. The van der Waals surface area contributed by atoms with E-state index in [0.717, 1.165) is 32.2 Å². The van der Waals surface area contributed by atoms with Gasteiger partial charge in [-0.2, -0.15) is 0 Å². The Morgan fingerprint density at radius 1 is 1.54 bits per heavy atom. The molecular formula is C9H18N2O2. The van der Waals surface area contributed by atoms with Crippen LogP contribution in [0.5, 0.6) is 0 Å². The van der Waals surface area contributed by atoms with E-state index >= 15 is 0 Å². The Bertz CT molecular complexity index is 173. The highest BCUT2D eigenvalue weighted by atomic mass is 16.3. The molecule has 0 aliphatic carbocycles. The molecule has 0 bridgehead atoms. The second-order valence-corrected chi connectivity index (χ2v) is 3.43.